The molecule has 0 spiro atoms. The molecular weight excluding hydrogens is 564 g/mol. The Labute approximate surface area is 258 Å². The van der Waals surface area contributed by atoms with E-state index in [9.17, 15) is 9.59 Å². The number of nitrogens with zero attached hydrogens (tertiary/aromatic N) is 5. The van der Waals surface area contributed by atoms with Crippen molar-refractivity contribution in [1.82, 2.24) is 29.8 Å². The van der Waals surface area contributed by atoms with Crippen LogP contribution in [0.1, 0.15) is 58.1 Å². The normalized spacial score (nSPS) is 14.9. The van der Waals surface area contributed by atoms with Crippen LogP contribution in [-0.4, -0.2) is 87.4 Å². The topological polar surface area (TPSA) is 160 Å². The number of carbonyl (C=O) groups is 2. The van der Waals surface area contributed by atoms with Crippen molar-refractivity contribution in [3.63, 3.8) is 0 Å². The highest BCUT2D eigenvalue weighted by molar-refractivity contribution is 5.87. The average Bonchev–Trinajstić information content (AvgIpc) is 3.37. The van der Waals surface area contributed by atoms with Crippen molar-refractivity contribution in [3.8, 4) is 5.75 Å². The van der Waals surface area contributed by atoms with E-state index < -0.39 is 17.6 Å². The van der Waals surface area contributed by atoms with Gasteiger partial charge in [0.2, 0.25) is 5.95 Å². The van der Waals surface area contributed by atoms with Gasteiger partial charge in [-0.2, -0.15) is 10.5 Å². The number of nitrogens with one attached hydrogen (secondary N) is 2. The Morgan fingerprint density at radius 1 is 1.09 bits per heavy atom. The maximum absolute atomic E-state index is 13.2. The summed E-state index contributed by atoms with van der Waals surface area (Å²) in [5.74, 6) is 1.56. The van der Waals surface area contributed by atoms with Gasteiger partial charge in [0.1, 0.15) is 11.3 Å². The number of benzene rings is 1. The number of ether oxygens (including phenoxy) is 1. The van der Waals surface area contributed by atoms with Crippen molar-refractivity contribution < 1.29 is 24.3 Å². The quantitative estimate of drug-likeness (QED) is 0.165. The van der Waals surface area contributed by atoms with E-state index in [1.807, 2.05) is 38.5 Å². The number of carbonyl (C=O) groups excluding carboxylic acids is 1. The van der Waals surface area contributed by atoms with Gasteiger partial charge in [0.05, 0.1) is 19.2 Å². The van der Waals surface area contributed by atoms with E-state index in [1.165, 1.54) is 0 Å². The summed E-state index contributed by atoms with van der Waals surface area (Å²) in [6.45, 7) is 12.3. The van der Waals surface area contributed by atoms with Crippen LogP contribution in [0.4, 0.5) is 16.6 Å². The number of nitrogens with two attached hydrogens (primary N) is 1. The highest BCUT2D eigenvalue weighted by Gasteiger charge is 2.37. The summed E-state index contributed by atoms with van der Waals surface area (Å²) < 4.78 is 7.93. The molecule has 1 fully saturated rings. The standard InChI is InChI=1S/C31H46N8O5/c1-6-7-8-12-33-27-25-23(34-29(32)35-27)11-13-39(25)20-22-10-9-21(18-24(22)43-5)19-37-14-16-38(17-15-37)28(40)26(31(2,3)4)44-36-30(41)42/h9-11,13,18,26,36H,6-8,12,14-17,19-20H2,1-5H3,(H,41,42)(H3,32,33,34,35). The van der Waals surface area contributed by atoms with E-state index in [1.54, 1.807) is 12.0 Å². The van der Waals surface area contributed by atoms with Gasteiger partial charge in [-0.05, 0) is 29.5 Å². The molecule has 3 aromatic rings. The van der Waals surface area contributed by atoms with Gasteiger partial charge in [-0.3, -0.25) is 14.5 Å². The average molecular weight is 611 g/mol. The molecule has 1 saturated heterocycles. The zero-order chi connectivity index (χ0) is 31.9. The number of hydrogen-bond acceptors (Lipinski definition) is 9. The van der Waals surface area contributed by atoms with Crippen LogP contribution in [0, 0.1) is 5.41 Å². The zero-order valence-corrected chi connectivity index (χ0v) is 26.4. The number of nitrogen functional groups attached to an aromatic ring is 1. The van der Waals surface area contributed by atoms with Crippen molar-refractivity contribution in [2.24, 2.45) is 5.41 Å². The first-order chi connectivity index (χ1) is 21.0. The zero-order valence-electron chi connectivity index (χ0n) is 26.4. The van der Waals surface area contributed by atoms with E-state index in [4.69, 9.17) is 20.4 Å². The Morgan fingerprint density at radius 3 is 2.50 bits per heavy atom. The van der Waals surface area contributed by atoms with Crippen LogP contribution in [0.25, 0.3) is 11.0 Å². The second-order valence-corrected chi connectivity index (χ2v) is 12.3. The number of unbranched alkanes of at least 4 members (excludes halogenated alkanes) is 2. The first kappa shape index (κ1) is 32.8. The summed E-state index contributed by atoms with van der Waals surface area (Å²) in [6, 6.07) is 8.22. The Kier molecular flexibility index (Phi) is 10.9. The van der Waals surface area contributed by atoms with Crippen molar-refractivity contribution >= 4 is 34.8 Å². The van der Waals surface area contributed by atoms with Crippen molar-refractivity contribution in [2.75, 3.05) is 50.9 Å². The molecule has 13 nitrogen and oxygen atoms in total. The predicted molar refractivity (Wildman–Crippen MR) is 169 cm³/mol. The number of hydrogen-bond donors (Lipinski definition) is 4. The van der Waals surface area contributed by atoms with Crippen LogP contribution in [-0.2, 0) is 22.7 Å². The molecule has 1 aromatic carbocycles. The SMILES string of the molecule is CCCCCNc1nc(N)nc2ccn(Cc3ccc(CN4CCN(C(=O)C(ONC(=O)O)C(C)(C)C)CC4)cc3OC)c12. The number of fused-ring (bicyclic) bond motifs is 1. The van der Waals surface area contributed by atoms with Crippen LogP contribution in [0.5, 0.6) is 5.75 Å². The molecule has 240 valence electrons. The van der Waals surface area contributed by atoms with Gasteiger partial charge < -0.3 is 30.4 Å². The number of aromatic nitrogens is 3. The molecule has 0 saturated carbocycles. The van der Waals surface area contributed by atoms with E-state index in [2.05, 4.69) is 49.9 Å². The molecule has 2 aromatic heterocycles. The largest absolute Gasteiger partial charge is 0.496 e. The summed E-state index contributed by atoms with van der Waals surface area (Å²) >= 11 is 0. The van der Waals surface area contributed by atoms with E-state index in [0.717, 1.165) is 59.5 Å². The first-order valence-electron chi connectivity index (χ1n) is 15.2. The maximum Gasteiger partial charge on any atom is 0.428 e. The molecule has 1 unspecified atom stereocenters. The van der Waals surface area contributed by atoms with Gasteiger partial charge in [-0.25, -0.2) is 9.78 Å². The molecule has 1 atom stereocenters. The lowest BCUT2D eigenvalue weighted by molar-refractivity contribution is -0.159. The molecule has 0 radical (unpaired) electrons. The highest BCUT2D eigenvalue weighted by Crippen LogP contribution is 2.28. The van der Waals surface area contributed by atoms with Crippen LogP contribution in [0.2, 0.25) is 0 Å². The molecule has 3 heterocycles. The van der Waals surface area contributed by atoms with Gasteiger partial charge >= 0.3 is 6.09 Å². The van der Waals surface area contributed by atoms with Gasteiger partial charge in [0.15, 0.2) is 11.9 Å². The lowest BCUT2D eigenvalue weighted by Crippen LogP contribution is -2.55. The van der Waals surface area contributed by atoms with Crippen LogP contribution in [0.15, 0.2) is 30.5 Å². The van der Waals surface area contributed by atoms with E-state index in [0.29, 0.717) is 39.3 Å². The summed E-state index contributed by atoms with van der Waals surface area (Å²) in [5.41, 5.74) is 11.2. The highest BCUT2D eigenvalue weighted by atomic mass is 16.7. The number of methoxy groups -OCH3 is 1. The fraction of sp³-hybridized carbons (Fsp3) is 0.548. The lowest BCUT2D eigenvalue weighted by atomic mass is 9.88. The third kappa shape index (κ3) is 8.29. The summed E-state index contributed by atoms with van der Waals surface area (Å²) in [5, 5.41) is 12.4. The minimum absolute atomic E-state index is 0.220. The van der Waals surface area contributed by atoms with Gasteiger partial charge in [0.25, 0.3) is 5.91 Å². The molecule has 1 aliphatic rings. The summed E-state index contributed by atoms with van der Waals surface area (Å²) in [4.78, 5) is 42.3. The molecule has 13 heteroatoms. The van der Waals surface area contributed by atoms with Gasteiger partial charge in [-0.15, -0.1) is 0 Å². The Balaban J connectivity index is 1.40. The molecule has 4 rings (SSSR count). The first-order valence-corrected chi connectivity index (χ1v) is 15.2. The Bertz CT molecular complexity index is 1430. The number of amides is 2. The number of hydroxylamine groups is 1. The molecular formula is C31H46N8O5. The Morgan fingerprint density at radius 2 is 1.84 bits per heavy atom. The second-order valence-electron chi connectivity index (χ2n) is 12.3. The maximum atomic E-state index is 13.2. The van der Waals surface area contributed by atoms with E-state index in [-0.39, 0.29) is 11.9 Å². The predicted octanol–water partition coefficient (Wildman–Crippen LogP) is 3.93. The van der Waals surface area contributed by atoms with Crippen LogP contribution in [0.3, 0.4) is 0 Å². The molecule has 0 aliphatic carbocycles. The second kappa shape index (κ2) is 14.6. The lowest BCUT2D eigenvalue weighted by Gasteiger charge is -2.38. The van der Waals surface area contributed by atoms with Crippen molar-refractivity contribution in [2.45, 2.75) is 66.2 Å². The third-order valence-corrected chi connectivity index (χ3v) is 7.76. The number of rotatable bonds is 13. The Hall–Kier alpha value is -4.10. The van der Waals surface area contributed by atoms with Gasteiger partial charge in [0, 0.05) is 51.0 Å². The smallest absolute Gasteiger partial charge is 0.428 e. The van der Waals surface area contributed by atoms with Crippen LogP contribution >= 0.6 is 0 Å². The van der Waals surface area contributed by atoms with Crippen molar-refractivity contribution in [1.29, 1.82) is 0 Å². The number of anilines is 2. The molecule has 2 amide bonds. The monoisotopic (exact) mass is 610 g/mol. The molecule has 5 N–H and O–H groups in total. The fourth-order valence-corrected chi connectivity index (χ4v) is 5.42. The van der Waals surface area contributed by atoms with Gasteiger partial charge in [-0.1, -0.05) is 52.7 Å². The number of piperazine rings is 1. The minimum atomic E-state index is -1.33. The summed E-state index contributed by atoms with van der Waals surface area (Å²) in [7, 11) is 1.68. The molecule has 44 heavy (non-hydrogen) atoms. The third-order valence-electron chi connectivity index (χ3n) is 7.76. The molecule has 1 aliphatic heterocycles. The van der Waals surface area contributed by atoms with Crippen LogP contribution < -0.4 is 21.3 Å². The fourth-order valence-electron chi connectivity index (χ4n) is 5.42. The minimum Gasteiger partial charge on any atom is -0.496 e. The summed E-state index contributed by atoms with van der Waals surface area (Å²) in [6.07, 6.45) is 3.09. The number of carboxylic acid groups (broad SMARTS) is 1. The molecule has 0 bridgehead atoms. The van der Waals surface area contributed by atoms with E-state index >= 15 is 0 Å². The van der Waals surface area contributed by atoms with Crippen molar-refractivity contribution in [3.05, 3.63) is 41.6 Å².